The summed E-state index contributed by atoms with van der Waals surface area (Å²) in [6.45, 7) is 3.41. The number of aryl methyl sites for hydroxylation is 1. The highest BCUT2D eigenvalue weighted by Gasteiger charge is 2.19. The lowest BCUT2D eigenvalue weighted by atomic mass is 10.1. The van der Waals surface area contributed by atoms with Crippen molar-refractivity contribution in [1.82, 2.24) is 10.3 Å². The second-order valence-electron chi connectivity index (χ2n) is 5.53. The molecule has 5 heteroatoms. The first-order chi connectivity index (χ1) is 10.7. The summed E-state index contributed by atoms with van der Waals surface area (Å²) in [5, 5.41) is 4.06. The van der Waals surface area contributed by atoms with Crippen LogP contribution in [0.4, 0.5) is 0 Å². The Labute approximate surface area is 134 Å². The lowest BCUT2D eigenvalue weighted by molar-refractivity contribution is -0.122. The van der Waals surface area contributed by atoms with E-state index in [1.54, 1.807) is 11.3 Å². The molecule has 0 saturated carbocycles. The maximum Gasteiger partial charge on any atom is 0.225 e. The number of carbonyl (C=O) groups is 1. The predicted octanol–water partition coefficient (Wildman–Crippen LogP) is 2.96. The van der Waals surface area contributed by atoms with Crippen LogP contribution in [-0.4, -0.2) is 30.1 Å². The van der Waals surface area contributed by atoms with Crippen LogP contribution < -0.4 is 5.32 Å². The third kappa shape index (κ3) is 3.72. The molecule has 1 amide bonds. The zero-order valence-corrected chi connectivity index (χ0v) is 13.5. The van der Waals surface area contributed by atoms with Gasteiger partial charge in [-0.1, -0.05) is 30.3 Å². The third-order valence-corrected chi connectivity index (χ3v) is 4.67. The zero-order chi connectivity index (χ0) is 15.4. The molecule has 1 aliphatic heterocycles. The summed E-state index contributed by atoms with van der Waals surface area (Å²) in [6, 6.07) is 10.2. The van der Waals surface area contributed by atoms with Gasteiger partial charge in [0.1, 0.15) is 0 Å². The molecule has 2 aromatic rings. The maximum absolute atomic E-state index is 12.3. The van der Waals surface area contributed by atoms with Crippen molar-refractivity contribution in [2.75, 3.05) is 13.2 Å². The fourth-order valence-corrected chi connectivity index (χ4v) is 3.65. The van der Waals surface area contributed by atoms with Crippen LogP contribution in [0.1, 0.15) is 22.7 Å². The summed E-state index contributed by atoms with van der Waals surface area (Å²) >= 11 is 1.60. The number of rotatable bonds is 4. The predicted molar refractivity (Wildman–Crippen MR) is 88.0 cm³/mol. The van der Waals surface area contributed by atoms with Gasteiger partial charge < -0.3 is 10.1 Å². The molecule has 0 spiro atoms. The minimum Gasteiger partial charge on any atom is -0.379 e. The minimum absolute atomic E-state index is 0.0522. The monoisotopic (exact) mass is 316 g/mol. The van der Waals surface area contributed by atoms with Gasteiger partial charge in [0.25, 0.3) is 0 Å². The van der Waals surface area contributed by atoms with Crippen LogP contribution in [0.15, 0.2) is 30.3 Å². The quantitative estimate of drug-likeness (QED) is 0.943. The van der Waals surface area contributed by atoms with E-state index >= 15 is 0 Å². The van der Waals surface area contributed by atoms with Crippen LogP contribution in [0, 0.1) is 6.92 Å². The number of benzene rings is 1. The molecule has 2 heterocycles. The maximum atomic E-state index is 12.3. The Bertz CT molecular complexity index is 633. The van der Waals surface area contributed by atoms with Gasteiger partial charge in [0, 0.05) is 17.0 Å². The number of aromatic nitrogens is 1. The van der Waals surface area contributed by atoms with Crippen LogP contribution in [0.25, 0.3) is 11.3 Å². The summed E-state index contributed by atoms with van der Waals surface area (Å²) < 4.78 is 5.41. The van der Waals surface area contributed by atoms with Crippen LogP contribution >= 0.6 is 11.3 Å². The molecular formula is C17H20N2O2S. The molecule has 0 aliphatic carbocycles. The average Bonchev–Trinajstić information content (AvgIpc) is 2.89. The number of thiazole rings is 1. The van der Waals surface area contributed by atoms with E-state index < -0.39 is 0 Å². The topological polar surface area (TPSA) is 51.2 Å². The molecule has 1 saturated heterocycles. The first-order valence-corrected chi connectivity index (χ1v) is 8.43. The van der Waals surface area contributed by atoms with Crippen molar-refractivity contribution in [2.45, 2.75) is 32.2 Å². The molecule has 116 valence electrons. The standard InChI is InChI=1S/C17H20N2O2S/c1-12-18-17(13-6-3-2-4-7-13)15(22-12)10-16(20)19-14-8-5-9-21-11-14/h2-4,6-7,14H,5,8-11H2,1H3,(H,19,20)/t14-/m0/s1. The summed E-state index contributed by atoms with van der Waals surface area (Å²) in [4.78, 5) is 17.9. The van der Waals surface area contributed by atoms with E-state index in [9.17, 15) is 4.79 Å². The Morgan fingerprint density at radius 2 is 2.23 bits per heavy atom. The molecule has 0 unspecified atom stereocenters. The lowest BCUT2D eigenvalue weighted by Crippen LogP contribution is -2.41. The molecular weight excluding hydrogens is 296 g/mol. The minimum atomic E-state index is 0.0522. The summed E-state index contributed by atoms with van der Waals surface area (Å²) in [7, 11) is 0. The van der Waals surface area contributed by atoms with Gasteiger partial charge in [-0.25, -0.2) is 4.98 Å². The van der Waals surface area contributed by atoms with Gasteiger partial charge in [-0.2, -0.15) is 0 Å². The molecule has 1 aromatic carbocycles. The van der Waals surface area contributed by atoms with Gasteiger partial charge in [-0.15, -0.1) is 11.3 Å². The molecule has 22 heavy (non-hydrogen) atoms. The molecule has 0 radical (unpaired) electrons. The molecule has 1 aromatic heterocycles. The van der Waals surface area contributed by atoms with Crippen LogP contribution in [0.3, 0.4) is 0 Å². The summed E-state index contributed by atoms with van der Waals surface area (Å²) in [5.74, 6) is 0.0522. The van der Waals surface area contributed by atoms with Crippen LogP contribution in [0.2, 0.25) is 0 Å². The SMILES string of the molecule is Cc1nc(-c2ccccc2)c(CC(=O)N[C@H]2CCCOC2)s1. The van der Waals surface area contributed by atoms with Gasteiger partial charge in [0.15, 0.2) is 0 Å². The number of nitrogens with one attached hydrogen (secondary N) is 1. The zero-order valence-electron chi connectivity index (χ0n) is 12.7. The second-order valence-corrected chi connectivity index (χ2v) is 6.82. The van der Waals surface area contributed by atoms with E-state index in [4.69, 9.17) is 4.74 Å². The first-order valence-electron chi connectivity index (χ1n) is 7.61. The van der Waals surface area contributed by atoms with Crippen molar-refractivity contribution in [3.8, 4) is 11.3 Å². The second kappa shape index (κ2) is 7.03. The number of carbonyl (C=O) groups excluding carboxylic acids is 1. The van der Waals surface area contributed by atoms with E-state index in [2.05, 4.69) is 10.3 Å². The first kappa shape index (κ1) is 15.2. The Kier molecular flexibility index (Phi) is 4.85. The largest absolute Gasteiger partial charge is 0.379 e. The lowest BCUT2D eigenvalue weighted by Gasteiger charge is -2.23. The molecule has 0 bridgehead atoms. The van der Waals surface area contributed by atoms with Crippen molar-refractivity contribution in [1.29, 1.82) is 0 Å². The van der Waals surface area contributed by atoms with Crippen LogP contribution in [-0.2, 0) is 16.0 Å². The Morgan fingerprint density at radius 3 is 2.95 bits per heavy atom. The van der Waals surface area contributed by atoms with Gasteiger partial charge >= 0.3 is 0 Å². The fourth-order valence-electron chi connectivity index (χ4n) is 2.69. The van der Waals surface area contributed by atoms with Crippen molar-refractivity contribution >= 4 is 17.2 Å². The molecule has 1 fully saturated rings. The van der Waals surface area contributed by atoms with E-state index in [0.717, 1.165) is 40.6 Å². The van der Waals surface area contributed by atoms with Crippen molar-refractivity contribution < 1.29 is 9.53 Å². The van der Waals surface area contributed by atoms with Gasteiger partial charge in [0.2, 0.25) is 5.91 Å². The fraction of sp³-hybridized carbons (Fsp3) is 0.412. The number of hydrogen-bond donors (Lipinski definition) is 1. The molecule has 1 atom stereocenters. The van der Waals surface area contributed by atoms with Crippen molar-refractivity contribution in [3.05, 3.63) is 40.2 Å². The smallest absolute Gasteiger partial charge is 0.225 e. The van der Waals surface area contributed by atoms with Crippen LogP contribution in [0.5, 0.6) is 0 Å². The van der Waals surface area contributed by atoms with Gasteiger partial charge in [-0.05, 0) is 19.8 Å². The highest BCUT2D eigenvalue weighted by Crippen LogP contribution is 2.28. The molecule has 1 aliphatic rings. The van der Waals surface area contributed by atoms with Gasteiger partial charge in [-0.3, -0.25) is 4.79 Å². The Morgan fingerprint density at radius 1 is 1.41 bits per heavy atom. The average molecular weight is 316 g/mol. The van der Waals surface area contributed by atoms with E-state index in [0.29, 0.717) is 13.0 Å². The number of hydrogen-bond acceptors (Lipinski definition) is 4. The van der Waals surface area contributed by atoms with E-state index in [1.807, 2.05) is 37.3 Å². The Balaban J connectivity index is 1.71. The van der Waals surface area contributed by atoms with Crippen molar-refractivity contribution in [2.24, 2.45) is 0 Å². The highest BCUT2D eigenvalue weighted by atomic mass is 32.1. The summed E-state index contributed by atoms with van der Waals surface area (Å²) in [5.41, 5.74) is 1.99. The summed E-state index contributed by atoms with van der Waals surface area (Å²) in [6.07, 6.45) is 2.39. The molecule has 3 rings (SSSR count). The highest BCUT2D eigenvalue weighted by molar-refractivity contribution is 7.12. The number of ether oxygens (including phenoxy) is 1. The number of amides is 1. The number of nitrogens with zero attached hydrogens (tertiary/aromatic N) is 1. The van der Waals surface area contributed by atoms with E-state index in [-0.39, 0.29) is 11.9 Å². The normalized spacial score (nSPS) is 18.1. The van der Waals surface area contributed by atoms with E-state index in [1.165, 1.54) is 0 Å². The molecule has 4 nitrogen and oxygen atoms in total. The third-order valence-electron chi connectivity index (χ3n) is 3.70. The molecule has 1 N–H and O–H groups in total. The van der Waals surface area contributed by atoms with Crippen molar-refractivity contribution in [3.63, 3.8) is 0 Å². The Hall–Kier alpha value is -1.72. The van der Waals surface area contributed by atoms with Gasteiger partial charge in [0.05, 0.1) is 29.8 Å².